The molecule has 6 nitrogen and oxygen atoms in total. The molecule has 0 bridgehead atoms. The van der Waals surface area contributed by atoms with Crippen LogP contribution in [0, 0.1) is 0 Å². The zero-order chi connectivity index (χ0) is 17.3. The Hall–Kier alpha value is -1.67. The molecule has 0 aliphatic carbocycles. The van der Waals surface area contributed by atoms with Gasteiger partial charge in [-0.1, -0.05) is 18.2 Å². The van der Waals surface area contributed by atoms with Crippen molar-refractivity contribution in [3.8, 4) is 0 Å². The van der Waals surface area contributed by atoms with Gasteiger partial charge in [-0.3, -0.25) is 9.59 Å². The first kappa shape index (κ1) is 17.2. The van der Waals surface area contributed by atoms with E-state index in [4.69, 9.17) is 0 Å². The van der Waals surface area contributed by atoms with Gasteiger partial charge in [0.15, 0.2) is 0 Å². The smallest absolute Gasteiger partial charge is 0.256 e. The number of benzene rings is 1. The average Bonchev–Trinajstić information content (AvgIpc) is 3.12. The standard InChI is InChI=1S/C16H18N2O4S2/c1-23-7-6-11(16(21)22)17-13(19)12-8-24-15-10-5-3-2-4-9(10)14(20)18(12)15/h2-5,11-12,15H,6-8H2,1H3,(H,17,19)(H,21,22)/p-1/t11-,12+,15-/m1/s1. The molecule has 3 atom stereocenters. The van der Waals surface area contributed by atoms with E-state index in [1.54, 1.807) is 17.0 Å². The first-order valence-corrected chi connectivity index (χ1v) is 10.0. The number of nitrogens with zero attached hydrogens (tertiary/aromatic N) is 1. The lowest BCUT2D eigenvalue weighted by molar-refractivity contribution is -0.308. The van der Waals surface area contributed by atoms with E-state index in [1.165, 1.54) is 23.5 Å². The Kier molecular flexibility index (Phi) is 5.05. The maximum atomic E-state index is 12.6. The summed E-state index contributed by atoms with van der Waals surface area (Å²) in [5.74, 6) is -0.833. The first-order chi connectivity index (χ1) is 11.5. The number of rotatable bonds is 6. The van der Waals surface area contributed by atoms with Gasteiger partial charge >= 0.3 is 0 Å². The lowest BCUT2D eigenvalue weighted by atomic mass is 10.1. The van der Waals surface area contributed by atoms with Crippen LogP contribution in [-0.2, 0) is 9.59 Å². The Morgan fingerprint density at radius 1 is 1.46 bits per heavy atom. The summed E-state index contributed by atoms with van der Waals surface area (Å²) in [6, 6.07) is 5.64. The van der Waals surface area contributed by atoms with Crippen LogP contribution in [0.4, 0.5) is 0 Å². The lowest BCUT2D eigenvalue weighted by Crippen LogP contribution is -2.54. The van der Waals surface area contributed by atoms with Crippen molar-refractivity contribution >= 4 is 41.3 Å². The van der Waals surface area contributed by atoms with Crippen LogP contribution in [0.25, 0.3) is 0 Å². The number of amides is 2. The second kappa shape index (κ2) is 7.06. The maximum Gasteiger partial charge on any atom is 0.256 e. The predicted octanol–water partition coefficient (Wildman–Crippen LogP) is 0.244. The van der Waals surface area contributed by atoms with Gasteiger partial charge in [0, 0.05) is 11.3 Å². The van der Waals surface area contributed by atoms with Gasteiger partial charge in [-0.15, -0.1) is 11.8 Å². The molecule has 2 aliphatic heterocycles. The van der Waals surface area contributed by atoms with E-state index in [1.807, 2.05) is 18.4 Å². The topological polar surface area (TPSA) is 89.5 Å². The lowest BCUT2D eigenvalue weighted by Gasteiger charge is -2.26. The molecule has 1 saturated heterocycles. The number of nitrogens with one attached hydrogen (secondary N) is 1. The average molecular weight is 365 g/mol. The number of hydrogen-bond donors (Lipinski definition) is 1. The summed E-state index contributed by atoms with van der Waals surface area (Å²) < 4.78 is 0. The van der Waals surface area contributed by atoms with Gasteiger partial charge in [0.2, 0.25) is 5.91 Å². The van der Waals surface area contributed by atoms with E-state index >= 15 is 0 Å². The van der Waals surface area contributed by atoms with Crippen molar-refractivity contribution in [3.63, 3.8) is 0 Å². The Labute approximate surface area is 148 Å². The Balaban J connectivity index is 1.74. The van der Waals surface area contributed by atoms with Crippen molar-refractivity contribution in [2.75, 3.05) is 17.8 Å². The summed E-state index contributed by atoms with van der Waals surface area (Å²) in [5.41, 5.74) is 1.54. The molecule has 8 heteroatoms. The molecular formula is C16H17N2O4S2-. The summed E-state index contributed by atoms with van der Waals surface area (Å²) in [5, 5.41) is 13.6. The second-order valence-electron chi connectivity index (χ2n) is 5.66. The monoisotopic (exact) mass is 365 g/mol. The fraction of sp³-hybridized carbons (Fsp3) is 0.438. The normalized spacial score (nSPS) is 22.9. The molecule has 0 radical (unpaired) electrons. The molecule has 0 unspecified atom stereocenters. The van der Waals surface area contributed by atoms with Gasteiger partial charge in [-0.25, -0.2) is 0 Å². The molecule has 2 heterocycles. The van der Waals surface area contributed by atoms with Gasteiger partial charge in [-0.05, 0) is 30.1 Å². The molecule has 24 heavy (non-hydrogen) atoms. The zero-order valence-corrected chi connectivity index (χ0v) is 14.7. The number of thioether (sulfide) groups is 2. The minimum atomic E-state index is -1.30. The van der Waals surface area contributed by atoms with Crippen LogP contribution in [0.15, 0.2) is 24.3 Å². The third-order valence-electron chi connectivity index (χ3n) is 4.21. The zero-order valence-electron chi connectivity index (χ0n) is 13.1. The molecular weight excluding hydrogens is 348 g/mol. The van der Waals surface area contributed by atoms with E-state index in [0.29, 0.717) is 23.5 Å². The van der Waals surface area contributed by atoms with Crippen molar-refractivity contribution in [1.29, 1.82) is 0 Å². The molecule has 3 rings (SSSR count). The van der Waals surface area contributed by atoms with Gasteiger partial charge in [-0.2, -0.15) is 11.8 Å². The highest BCUT2D eigenvalue weighted by molar-refractivity contribution is 7.99. The van der Waals surface area contributed by atoms with E-state index < -0.39 is 24.0 Å². The summed E-state index contributed by atoms with van der Waals surface area (Å²) in [6.45, 7) is 0. The molecule has 2 aliphatic rings. The van der Waals surface area contributed by atoms with Crippen molar-refractivity contribution in [3.05, 3.63) is 35.4 Å². The molecule has 1 aromatic rings. The highest BCUT2D eigenvalue weighted by atomic mass is 32.2. The number of carbonyl (C=O) groups is 3. The van der Waals surface area contributed by atoms with Gasteiger partial charge in [0.1, 0.15) is 11.4 Å². The number of carboxylic acids is 1. The van der Waals surface area contributed by atoms with Gasteiger partial charge < -0.3 is 20.1 Å². The predicted molar refractivity (Wildman–Crippen MR) is 91.5 cm³/mol. The summed E-state index contributed by atoms with van der Waals surface area (Å²) in [7, 11) is 0. The molecule has 1 fully saturated rings. The molecule has 0 saturated carbocycles. The van der Waals surface area contributed by atoms with Gasteiger partial charge in [0.25, 0.3) is 5.91 Å². The largest absolute Gasteiger partial charge is 0.548 e. The number of carboxylic acid groups (broad SMARTS) is 1. The van der Waals surface area contributed by atoms with Crippen molar-refractivity contribution in [2.45, 2.75) is 23.9 Å². The third-order valence-corrected chi connectivity index (χ3v) is 6.16. The first-order valence-electron chi connectivity index (χ1n) is 7.58. The maximum absolute atomic E-state index is 12.6. The number of carbonyl (C=O) groups excluding carboxylic acids is 3. The molecule has 128 valence electrons. The fourth-order valence-electron chi connectivity index (χ4n) is 2.99. The Bertz CT molecular complexity index is 682. The van der Waals surface area contributed by atoms with E-state index in [0.717, 1.165) is 5.56 Å². The van der Waals surface area contributed by atoms with E-state index in [9.17, 15) is 19.5 Å². The van der Waals surface area contributed by atoms with Crippen LogP contribution in [0.5, 0.6) is 0 Å². The summed E-state index contributed by atoms with van der Waals surface area (Å²) in [4.78, 5) is 37.9. The molecule has 0 spiro atoms. The van der Waals surface area contributed by atoms with E-state index in [-0.39, 0.29) is 11.3 Å². The van der Waals surface area contributed by atoms with Crippen LogP contribution in [-0.4, -0.2) is 52.5 Å². The van der Waals surface area contributed by atoms with Crippen LogP contribution in [0.2, 0.25) is 0 Å². The fourth-order valence-corrected chi connectivity index (χ4v) is 4.93. The molecule has 1 aromatic carbocycles. The highest BCUT2D eigenvalue weighted by Crippen LogP contribution is 2.48. The number of fused-ring (bicyclic) bond motifs is 3. The molecule has 0 aromatic heterocycles. The Morgan fingerprint density at radius 3 is 2.92 bits per heavy atom. The molecule has 2 amide bonds. The summed E-state index contributed by atoms with van der Waals surface area (Å²) >= 11 is 3.03. The molecule has 1 N–H and O–H groups in total. The van der Waals surface area contributed by atoms with Crippen LogP contribution in [0.1, 0.15) is 27.7 Å². The third kappa shape index (κ3) is 3.00. The minimum absolute atomic E-state index is 0.169. The van der Waals surface area contributed by atoms with E-state index in [2.05, 4.69) is 5.32 Å². The van der Waals surface area contributed by atoms with Crippen LogP contribution >= 0.6 is 23.5 Å². The van der Waals surface area contributed by atoms with Crippen molar-refractivity contribution in [1.82, 2.24) is 10.2 Å². The SMILES string of the molecule is CSCC[C@@H](NC(=O)[C@@H]1CS[C@@H]2c3ccccc3C(=O)N21)C(=O)[O-]. The summed E-state index contributed by atoms with van der Waals surface area (Å²) in [6.07, 6.45) is 2.17. The van der Waals surface area contributed by atoms with Crippen molar-refractivity contribution in [2.24, 2.45) is 0 Å². The number of hydrogen-bond acceptors (Lipinski definition) is 6. The highest BCUT2D eigenvalue weighted by Gasteiger charge is 2.48. The van der Waals surface area contributed by atoms with Gasteiger partial charge in [0.05, 0.1) is 12.0 Å². The Morgan fingerprint density at radius 2 is 2.21 bits per heavy atom. The second-order valence-corrected chi connectivity index (χ2v) is 7.76. The van der Waals surface area contributed by atoms with Crippen LogP contribution in [0.3, 0.4) is 0 Å². The number of aliphatic carboxylic acids is 1. The quantitative estimate of drug-likeness (QED) is 0.777. The van der Waals surface area contributed by atoms with Crippen LogP contribution < -0.4 is 10.4 Å². The minimum Gasteiger partial charge on any atom is -0.548 e. The van der Waals surface area contributed by atoms with Crippen molar-refractivity contribution < 1.29 is 19.5 Å².